The summed E-state index contributed by atoms with van der Waals surface area (Å²) < 4.78 is 17.0. The summed E-state index contributed by atoms with van der Waals surface area (Å²) in [6.45, 7) is 2.00. The number of benzene rings is 1. The first-order valence-corrected chi connectivity index (χ1v) is 7.08. The third-order valence-corrected chi connectivity index (χ3v) is 3.94. The maximum atomic E-state index is 11.7. The highest BCUT2D eigenvalue weighted by Gasteiger charge is 2.15. The van der Waals surface area contributed by atoms with Crippen LogP contribution in [0.15, 0.2) is 40.1 Å². The van der Waals surface area contributed by atoms with E-state index < -0.39 is 10.8 Å². The summed E-state index contributed by atoms with van der Waals surface area (Å²) in [7, 11) is -1.02. The Morgan fingerprint density at radius 2 is 2.22 bits per heavy atom. The predicted octanol–water partition coefficient (Wildman–Crippen LogP) is 2.87. The first-order chi connectivity index (χ1) is 8.68. The molecule has 0 aliphatic carbocycles. The first kappa shape index (κ1) is 11.2. The van der Waals surface area contributed by atoms with Gasteiger partial charge in [0.2, 0.25) is 5.89 Å². The number of hydrogen-bond donors (Lipinski definition) is 1. The summed E-state index contributed by atoms with van der Waals surface area (Å²) in [5.41, 5.74) is 2.91. The molecule has 0 fully saturated rings. The minimum absolute atomic E-state index is 0.577. The standard InChI is InChI=1S/C13H12N2O2S/c1-8-3-4-9-10(18(2)16)7-15-12(9)11(8)13-14-5-6-17-13/h3-7,15H,1-2H3. The molecule has 0 bridgehead atoms. The van der Waals surface area contributed by atoms with Crippen molar-refractivity contribution in [3.63, 3.8) is 0 Å². The average molecular weight is 260 g/mol. The number of H-pyrrole nitrogens is 1. The van der Waals surface area contributed by atoms with Crippen LogP contribution in [0.1, 0.15) is 5.56 Å². The summed E-state index contributed by atoms with van der Waals surface area (Å²) in [5, 5.41) is 0.953. The van der Waals surface area contributed by atoms with Crippen LogP contribution in [0.3, 0.4) is 0 Å². The van der Waals surface area contributed by atoms with Crippen LogP contribution in [0.5, 0.6) is 0 Å². The van der Waals surface area contributed by atoms with Crippen LogP contribution in [0.2, 0.25) is 0 Å². The molecule has 2 aromatic heterocycles. The Balaban J connectivity index is 2.37. The molecule has 1 unspecified atom stereocenters. The molecule has 18 heavy (non-hydrogen) atoms. The third-order valence-electron chi connectivity index (χ3n) is 2.98. The smallest absolute Gasteiger partial charge is 0.228 e. The molecule has 1 N–H and O–H groups in total. The molecule has 1 aromatic carbocycles. The van der Waals surface area contributed by atoms with Gasteiger partial charge in [0.25, 0.3) is 0 Å². The second-order valence-electron chi connectivity index (χ2n) is 4.12. The average Bonchev–Trinajstić information content (AvgIpc) is 2.96. The van der Waals surface area contributed by atoms with Crippen molar-refractivity contribution in [1.29, 1.82) is 0 Å². The van der Waals surface area contributed by atoms with Gasteiger partial charge in [0.15, 0.2) is 0 Å². The molecule has 1 atom stereocenters. The van der Waals surface area contributed by atoms with E-state index >= 15 is 0 Å². The van der Waals surface area contributed by atoms with Crippen LogP contribution < -0.4 is 0 Å². The van der Waals surface area contributed by atoms with Crippen LogP contribution in [0.25, 0.3) is 22.4 Å². The van der Waals surface area contributed by atoms with E-state index in [0.717, 1.165) is 26.9 Å². The number of fused-ring (bicyclic) bond motifs is 1. The van der Waals surface area contributed by atoms with E-state index in [4.69, 9.17) is 4.42 Å². The monoisotopic (exact) mass is 260 g/mol. The number of nitrogens with zero attached hydrogens (tertiary/aromatic N) is 1. The summed E-state index contributed by atoms with van der Waals surface area (Å²) in [6, 6.07) is 3.97. The number of rotatable bonds is 2. The van der Waals surface area contributed by atoms with E-state index in [1.54, 1.807) is 24.9 Å². The molecular formula is C13H12N2O2S. The van der Waals surface area contributed by atoms with Crippen molar-refractivity contribution in [3.05, 3.63) is 36.4 Å². The van der Waals surface area contributed by atoms with Gasteiger partial charge in [-0.1, -0.05) is 12.1 Å². The third kappa shape index (κ3) is 1.59. The lowest BCUT2D eigenvalue weighted by molar-refractivity contribution is 0.574. The SMILES string of the molecule is Cc1ccc2c(S(C)=O)c[nH]c2c1-c1ncco1. The molecule has 0 aliphatic rings. The van der Waals surface area contributed by atoms with Crippen molar-refractivity contribution >= 4 is 21.7 Å². The molecule has 4 nitrogen and oxygen atoms in total. The Hall–Kier alpha value is -1.88. The van der Waals surface area contributed by atoms with E-state index in [1.165, 1.54) is 0 Å². The van der Waals surface area contributed by atoms with Crippen LogP contribution >= 0.6 is 0 Å². The van der Waals surface area contributed by atoms with Gasteiger partial charge < -0.3 is 9.40 Å². The number of oxazole rings is 1. The van der Waals surface area contributed by atoms with Crippen LogP contribution in [0, 0.1) is 6.92 Å². The fraction of sp³-hybridized carbons (Fsp3) is 0.154. The molecule has 0 saturated heterocycles. The highest BCUT2D eigenvalue weighted by molar-refractivity contribution is 7.84. The molecule has 5 heteroatoms. The molecule has 3 rings (SSSR count). The molecule has 0 radical (unpaired) electrons. The van der Waals surface area contributed by atoms with Gasteiger partial charge in [-0.25, -0.2) is 4.98 Å². The fourth-order valence-corrected chi connectivity index (χ4v) is 2.84. The van der Waals surface area contributed by atoms with E-state index in [0.29, 0.717) is 5.89 Å². The van der Waals surface area contributed by atoms with Gasteiger partial charge in [0.05, 0.1) is 33.0 Å². The van der Waals surface area contributed by atoms with Crippen molar-refractivity contribution in [2.75, 3.05) is 6.26 Å². The summed E-state index contributed by atoms with van der Waals surface area (Å²) in [6.07, 6.45) is 6.63. The maximum Gasteiger partial charge on any atom is 0.228 e. The lowest BCUT2D eigenvalue weighted by atomic mass is 10.1. The first-order valence-electron chi connectivity index (χ1n) is 5.52. The van der Waals surface area contributed by atoms with Gasteiger partial charge >= 0.3 is 0 Å². The molecule has 2 heterocycles. The van der Waals surface area contributed by atoms with Gasteiger partial charge in [-0.05, 0) is 12.5 Å². The Kier molecular flexibility index (Phi) is 2.56. The van der Waals surface area contributed by atoms with E-state index in [9.17, 15) is 4.21 Å². The van der Waals surface area contributed by atoms with E-state index in [2.05, 4.69) is 9.97 Å². The number of nitrogens with one attached hydrogen (secondary N) is 1. The summed E-state index contributed by atoms with van der Waals surface area (Å²) in [5.74, 6) is 0.577. The zero-order valence-corrected chi connectivity index (χ0v) is 10.9. The maximum absolute atomic E-state index is 11.7. The highest BCUT2D eigenvalue weighted by Crippen LogP contribution is 2.32. The normalized spacial score (nSPS) is 13.0. The largest absolute Gasteiger partial charge is 0.444 e. The molecule has 3 aromatic rings. The van der Waals surface area contributed by atoms with Crippen molar-refractivity contribution in [3.8, 4) is 11.5 Å². The zero-order chi connectivity index (χ0) is 12.7. The molecular weight excluding hydrogens is 248 g/mol. The Bertz CT molecular complexity index is 729. The quantitative estimate of drug-likeness (QED) is 0.770. The molecule has 0 spiro atoms. The van der Waals surface area contributed by atoms with Crippen LogP contribution in [-0.2, 0) is 10.8 Å². The van der Waals surface area contributed by atoms with Gasteiger partial charge in [0.1, 0.15) is 6.26 Å². The lowest BCUT2D eigenvalue weighted by Gasteiger charge is -2.04. The van der Waals surface area contributed by atoms with Crippen molar-refractivity contribution in [2.45, 2.75) is 11.8 Å². The highest BCUT2D eigenvalue weighted by atomic mass is 32.2. The Morgan fingerprint density at radius 1 is 1.39 bits per heavy atom. The summed E-state index contributed by atoms with van der Waals surface area (Å²) >= 11 is 0. The minimum atomic E-state index is -1.02. The van der Waals surface area contributed by atoms with Gasteiger partial charge in [-0.2, -0.15) is 0 Å². The summed E-state index contributed by atoms with van der Waals surface area (Å²) in [4.78, 5) is 8.17. The molecule has 0 amide bonds. The van der Waals surface area contributed by atoms with Crippen LogP contribution in [-0.4, -0.2) is 20.4 Å². The Labute approximate surface area is 106 Å². The zero-order valence-electron chi connectivity index (χ0n) is 10.1. The molecule has 0 aliphatic heterocycles. The topological polar surface area (TPSA) is 58.9 Å². The Morgan fingerprint density at radius 3 is 2.89 bits per heavy atom. The second kappa shape index (κ2) is 4.10. The molecule has 92 valence electrons. The lowest BCUT2D eigenvalue weighted by Crippen LogP contribution is -1.87. The number of aromatic nitrogens is 2. The number of aromatic amines is 1. The number of hydrogen-bond acceptors (Lipinski definition) is 3. The minimum Gasteiger partial charge on any atom is -0.444 e. The van der Waals surface area contributed by atoms with E-state index in [1.807, 2.05) is 19.1 Å². The van der Waals surface area contributed by atoms with Gasteiger partial charge in [-0.15, -0.1) is 0 Å². The second-order valence-corrected chi connectivity index (χ2v) is 5.47. The van der Waals surface area contributed by atoms with E-state index in [-0.39, 0.29) is 0 Å². The van der Waals surface area contributed by atoms with Crippen molar-refractivity contribution in [2.24, 2.45) is 0 Å². The fourth-order valence-electron chi connectivity index (χ4n) is 2.14. The van der Waals surface area contributed by atoms with Gasteiger partial charge in [-0.3, -0.25) is 4.21 Å². The van der Waals surface area contributed by atoms with Crippen LogP contribution in [0.4, 0.5) is 0 Å². The van der Waals surface area contributed by atoms with Crippen molar-refractivity contribution in [1.82, 2.24) is 9.97 Å². The van der Waals surface area contributed by atoms with Gasteiger partial charge in [0, 0.05) is 17.8 Å². The number of aryl methyl sites for hydroxylation is 1. The predicted molar refractivity (Wildman–Crippen MR) is 70.9 cm³/mol. The van der Waals surface area contributed by atoms with Crippen molar-refractivity contribution < 1.29 is 8.63 Å². The molecule has 0 saturated carbocycles.